The van der Waals surface area contributed by atoms with Gasteiger partial charge in [0.25, 0.3) is 0 Å². The van der Waals surface area contributed by atoms with Gasteiger partial charge >= 0.3 is 0 Å². The Bertz CT molecular complexity index is 294. The molecule has 1 amide bonds. The lowest BCUT2D eigenvalue weighted by atomic mass is 10.1. The first-order valence-electron chi connectivity index (χ1n) is 7.43. The van der Waals surface area contributed by atoms with E-state index in [4.69, 9.17) is 0 Å². The molecule has 4 heteroatoms. The second kappa shape index (κ2) is 5.83. The van der Waals surface area contributed by atoms with Crippen LogP contribution in [0.15, 0.2) is 0 Å². The number of rotatable bonds is 5. The highest BCUT2D eigenvalue weighted by molar-refractivity contribution is 7.99. The van der Waals surface area contributed by atoms with Gasteiger partial charge in [-0.1, -0.05) is 0 Å². The molecule has 0 spiro atoms. The molecule has 2 aliphatic heterocycles. The number of carbonyl (C=O) groups excluding carboxylic acids is 1. The van der Waals surface area contributed by atoms with Gasteiger partial charge in [0, 0.05) is 30.8 Å². The van der Waals surface area contributed by atoms with Crippen LogP contribution in [0.25, 0.3) is 0 Å². The van der Waals surface area contributed by atoms with Crippen molar-refractivity contribution in [1.82, 2.24) is 10.2 Å². The third kappa shape index (κ3) is 3.21. The third-order valence-electron chi connectivity index (χ3n) is 4.37. The van der Waals surface area contributed by atoms with E-state index < -0.39 is 0 Å². The van der Waals surface area contributed by atoms with Crippen molar-refractivity contribution in [2.45, 2.75) is 38.1 Å². The van der Waals surface area contributed by atoms with Gasteiger partial charge in [0.05, 0.1) is 0 Å². The minimum Gasteiger partial charge on any atom is -0.341 e. The van der Waals surface area contributed by atoms with E-state index in [1.165, 1.54) is 31.4 Å². The fourth-order valence-electron chi connectivity index (χ4n) is 3.03. The highest BCUT2D eigenvalue weighted by Crippen LogP contribution is 2.32. The van der Waals surface area contributed by atoms with Crippen molar-refractivity contribution < 1.29 is 4.79 Å². The van der Waals surface area contributed by atoms with Crippen molar-refractivity contribution in [1.29, 1.82) is 0 Å². The first-order chi connectivity index (χ1) is 8.83. The van der Waals surface area contributed by atoms with Crippen molar-refractivity contribution in [2.24, 2.45) is 11.8 Å². The summed E-state index contributed by atoms with van der Waals surface area (Å²) in [4.78, 5) is 14.8. The van der Waals surface area contributed by atoms with Crippen LogP contribution in [0.2, 0.25) is 0 Å². The molecule has 2 unspecified atom stereocenters. The maximum Gasteiger partial charge on any atom is 0.226 e. The van der Waals surface area contributed by atoms with Crippen molar-refractivity contribution in [3.05, 3.63) is 0 Å². The van der Waals surface area contributed by atoms with Gasteiger partial charge in [-0.3, -0.25) is 4.79 Å². The summed E-state index contributed by atoms with van der Waals surface area (Å²) in [5.41, 5.74) is 0. The van der Waals surface area contributed by atoms with Crippen molar-refractivity contribution in [2.75, 3.05) is 31.1 Å². The number of carbonyl (C=O) groups is 1. The van der Waals surface area contributed by atoms with Crippen LogP contribution in [-0.2, 0) is 4.79 Å². The number of hydrogen-bond donors (Lipinski definition) is 1. The normalized spacial score (nSPS) is 31.8. The Kier molecular flexibility index (Phi) is 4.14. The monoisotopic (exact) mass is 268 g/mol. The Labute approximate surface area is 114 Å². The second-order valence-corrected chi connectivity index (χ2v) is 7.19. The summed E-state index contributed by atoms with van der Waals surface area (Å²) < 4.78 is 0. The summed E-state index contributed by atoms with van der Waals surface area (Å²) in [5.74, 6) is 3.80. The summed E-state index contributed by atoms with van der Waals surface area (Å²) in [6.07, 6.45) is 6.29. The first-order valence-corrected chi connectivity index (χ1v) is 8.58. The standard InChI is InChI=1S/C14H24N2OS/c17-14(12-5-7-18-10-12)16(8-11-3-4-11)9-13-2-1-6-15-13/h11-13,15H,1-10H2. The molecule has 3 fully saturated rings. The average Bonchev–Trinajstić information content (AvgIpc) is 2.88. The Morgan fingerprint density at radius 1 is 1.22 bits per heavy atom. The molecule has 2 heterocycles. The highest BCUT2D eigenvalue weighted by atomic mass is 32.2. The van der Waals surface area contributed by atoms with Gasteiger partial charge in [0.15, 0.2) is 0 Å². The molecule has 0 aromatic rings. The first kappa shape index (κ1) is 12.8. The van der Waals surface area contributed by atoms with Crippen molar-refractivity contribution in [3.63, 3.8) is 0 Å². The largest absolute Gasteiger partial charge is 0.341 e. The Morgan fingerprint density at radius 3 is 2.72 bits per heavy atom. The summed E-state index contributed by atoms with van der Waals surface area (Å²) in [6, 6.07) is 0.557. The van der Waals surface area contributed by atoms with E-state index in [0.717, 1.165) is 37.7 Å². The maximum absolute atomic E-state index is 12.6. The number of thioether (sulfide) groups is 1. The molecule has 2 saturated heterocycles. The molecule has 102 valence electrons. The summed E-state index contributed by atoms with van der Waals surface area (Å²) >= 11 is 1.94. The van der Waals surface area contributed by atoms with E-state index in [2.05, 4.69) is 10.2 Å². The fraction of sp³-hybridized carbons (Fsp3) is 0.929. The van der Waals surface area contributed by atoms with Crippen LogP contribution in [0.1, 0.15) is 32.1 Å². The molecule has 1 saturated carbocycles. The van der Waals surface area contributed by atoms with Gasteiger partial charge in [-0.2, -0.15) is 11.8 Å². The molecule has 1 N–H and O–H groups in total. The van der Waals surface area contributed by atoms with Crippen LogP contribution in [-0.4, -0.2) is 48.0 Å². The van der Waals surface area contributed by atoms with E-state index in [0.29, 0.717) is 17.9 Å². The van der Waals surface area contributed by atoms with E-state index in [1.807, 2.05) is 11.8 Å². The minimum absolute atomic E-state index is 0.315. The number of nitrogens with zero attached hydrogens (tertiary/aromatic N) is 1. The highest BCUT2D eigenvalue weighted by Gasteiger charge is 2.33. The smallest absolute Gasteiger partial charge is 0.226 e. The summed E-state index contributed by atoms with van der Waals surface area (Å²) in [5, 5.41) is 3.53. The maximum atomic E-state index is 12.6. The van der Waals surface area contributed by atoms with Gasteiger partial charge in [-0.05, 0) is 50.3 Å². The van der Waals surface area contributed by atoms with Gasteiger partial charge in [-0.25, -0.2) is 0 Å². The zero-order valence-corrected chi connectivity index (χ0v) is 11.9. The SMILES string of the molecule is O=C(C1CCSC1)N(CC1CC1)CC1CCCN1. The Hall–Kier alpha value is -0.220. The molecule has 0 radical (unpaired) electrons. The van der Waals surface area contributed by atoms with Crippen molar-refractivity contribution >= 4 is 17.7 Å². The topological polar surface area (TPSA) is 32.3 Å². The third-order valence-corrected chi connectivity index (χ3v) is 5.53. The number of nitrogens with one attached hydrogen (secondary N) is 1. The molecule has 0 bridgehead atoms. The zero-order chi connectivity index (χ0) is 12.4. The van der Waals surface area contributed by atoms with E-state index in [1.54, 1.807) is 0 Å². The van der Waals surface area contributed by atoms with E-state index in [9.17, 15) is 4.79 Å². The Morgan fingerprint density at radius 2 is 2.11 bits per heavy atom. The minimum atomic E-state index is 0.315. The average molecular weight is 268 g/mol. The lowest BCUT2D eigenvalue weighted by Gasteiger charge is -2.28. The zero-order valence-electron chi connectivity index (χ0n) is 11.1. The van der Waals surface area contributed by atoms with Gasteiger partial charge in [0.2, 0.25) is 5.91 Å². The van der Waals surface area contributed by atoms with E-state index >= 15 is 0 Å². The molecule has 3 aliphatic rings. The molecular formula is C14H24N2OS. The fourth-order valence-corrected chi connectivity index (χ4v) is 4.24. The number of hydrogen-bond acceptors (Lipinski definition) is 3. The predicted octanol–water partition coefficient (Wildman–Crippen LogP) is 1.73. The van der Waals surface area contributed by atoms with Crippen LogP contribution >= 0.6 is 11.8 Å². The summed E-state index contributed by atoms with van der Waals surface area (Å²) in [7, 11) is 0. The molecular weight excluding hydrogens is 244 g/mol. The van der Waals surface area contributed by atoms with Gasteiger partial charge in [-0.15, -0.1) is 0 Å². The molecule has 0 aromatic heterocycles. The van der Waals surface area contributed by atoms with Gasteiger partial charge in [0.1, 0.15) is 0 Å². The molecule has 1 aliphatic carbocycles. The molecule has 3 rings (SSSR count). The van der Waals surface area contributed by atoms with Crippen LogP contribution < -0.4 is 5.32 Å². The van der Waals surface area contributed by atoms with Crippen LogP contribution in [0.4, 0.5) is 0 Å². The Balaban J connectivity index is 1.57. The summed E-state index contributed by atoms with van der Waals surface area (Å²) in [6.45, 7) is 3.12. The molecule has 2 atom stereocenters. The van der Waals surface area contributed by atoms with Gasteiger partial charge < -0.3 is 10.2 Å². The second-order valence-electron chi connectivity index (χ2n) is 6.04. The van der Waals surface area contributed by atoms with Crippen LogP contribution in [0.3, 0.4) is 0 Å². The molecule has 0 aromatic carbocycles. The molecule has 3 nitrogen and oxygen atoms in total. The quantitative estimate of drug-likeness (QED) is 0.824. The van der Waals surface area contributed by atoms with Crippen molar-refractivity contribution in [3.8, 4) is 0 Å². The predicted molar refractivity (Wildman–Crippen MR) is 75.8 cm³/mol. The lowest BCUT2D eigenvalue weighted by Crippen LogP contribution is -2.44. The molecule has 18 heavy (non-hydrogen) atoms. The van der Waals surface area contributed by atoms with E-state index in [-0.39, 0.29) is 0 Å². The van der Waals surface area contributed by atoms with Crippen LogP contribution in [0, 0.1) is 11.8 Å². The lowest BCUT2D eigenvalue weighted by molar-refractivity contribution is -0.135. The van der Waals surface area contributed by atoms with Crippen LogP contribution in [0.5, 0.6) is 0 Å². The number of amides is 1.